The maximum Gasteiger partial charge on any atom is 0.131 e. The van der Waals surface area contributed by atoms with Crippen LogP contribution in [-0.4, -0.2) is 16.7 Å². The summed E-state index contributed by atoms with van der Waals surface area (Å²) >= 11 is 0. The number of para-hydroxylation sites is 1. The molecule has 3 heteroatoms. The van der Waals surface area contributed by atoms with Crippen molar-refractivity contribution < 1.29 is 4.74 Å². The van der Waals surface area contributed by atoms with Crippen LogP contribution in [0, 0.1) is 0 Å². The average Bonchev–Trinajstić information content (AvgIpc) is 2.74. The van der Waals surface area contributed by atoms with Crippen molar-refractivity contribution >= 4 is 0 Å². The van der Waals surface area contributed by atoms with Crippen molar-refractivity contribution in [2.45, 2.75) is 19.8 Å². The van der Waals surface area contributed by atoms with E-state index >= 15 is 0 Å². The van der Waals surface area contributed by atoms with E-state index in [2.05, 4.69) is 31.0 Å². The molecule has 17 heavy (non-hydrogen) atoms. The molecular weight excluding hydrogens is 212 g/mol. The van der Waals surface area contributed by atoms with Crippen LogP contribution >= 0.6 is 0 Å². The van der Waals surface area contributed by atoms with Crippen molar-refractivity contribution in [3.63, 3.8) is 0 Å². The number of rotatable bonds is 3. The Morgan fingerprint density at radius 3 is 2.59 bits per heavy atom. The van der Waals surface area contributed by atoms with Crippen LogP contribution in [0.3, 0.4) is 0 Å². The molecule has 90 valence electrons. The minimum Gasteiger partial charge on any atom is -0.496 e. The minimum atomic E-state index is 0.439. The van der Waals surface area contributed by atoms with E-state index < -0.39 is 0 Å². The molecule has 1 heterocycles. The molecule has 2 rings (SSSR count). The normalized spacial score (nSPS) is 10.9. The molecule has 0 spiro atoms. The van der Waals surface area contributed by atoms with Crippen molar-refractivity contribution in [2.75, 3.05) is 7.11 Å². The molecule has 3 nitrogen and oxygen atoms in total. The molecule has 0 aliphatic carbocycles. The van der Waals surface area contributed by atoms with Crippen LogP contribution in [0.1, 0.15) is 25.3 Å². The Balaban J connectivity index is 2.58. The van der Waals surface area contributed by atoms with E-state index in [0.717, 1.165) is 17.0 Å². The molecule has 0 radical (unpaired) electrons. The minimum absolute atomic E-state index is 0.439. The van der Waals surface area contributed by atoms with Gasteiger partial charge in [0.2, 0.25) is 0 Å². The number of methoxy groups -OCH3 is 1. The second kappa shape index (κ2) is 4.62. The fourth-order valence-corrected chi connectivity index (χ4v) is 1.99. The van der Waals surface area contributed by atoms with Crippen LogP contribution in [-0.2, 0) is 7.05 Å². The van der Waals surface area contributed by atoms with Gasteiger partial charge < -0.3 is 9.30 Å². The molecule has 1 aromatic heterocycles. The van der Waals surface area contributed by atoms with Gasteiger partial charge in [-0.2, -0.15) is 0 Å². The highest BCUT2D eigenvalue weighted by atomic mass is 16.5. The van der Waals surface area contributed by atoms with Gasteiger partial charge in [-0.1, -0.05) is 26.0 Å². The van der Waals surface area contributed by atoms with Gasteiger partial charge in [0.15, 0.2) is 0 Å². The zero-order chi connectivity index (χ0) is 12.4. The van der Waals surface area contributed by atoms with Crippen LogP contribution in [0.2, 0.25) is 0 Å². The average molecular weight is 230 g/mol. The van der Waals surface area contributed by atoms with E-state index in [1.54, 1.807) is 13.4 Å². The number of hydrogen-bond acceptors (Lipinski definition) is 2. The Morgan fingerprint density at radius 2 is 2.06 bits per heavy atom. The lowest BCUT2D eigenvalue weighted by molar-refractivity contribution is 0.409. The van der Waals surface area contributed by atoms with Gasteiger partial charge in [0.05, 0.1) is 19.1 Å². The van der Waals surface area contributed by atoms with E-state index in [1.807, 2.05) is 23.9 Å². The van der Waals surface area contributed by atoms with Gasteiger partial charge >= 0.3 is 0 Å². The number of benzene rings is 1. The monoisotopic (exact) mass is 230 g/mol. The van der Waals surface area contributed by atoms with E-state index in [9.17, 15) is 0 Å². The molecule has 1 aromatic carbocycles. The number of ether oxygens (including phenoxy) is 1. The molecule has 0 bridgehead atoms. The number of aromatic nitrogens is 2. The van der Waals surface area contributed by atoms with Crippen LogP contribution in [0.5, 0.6) is 5.75 Å². The molecule has 0 fully saturated rings. The zero-order valence-electron chi connectivity index (χ0n) is 10.8. The van der Waals surface area contributed by atoms with Crippen molar-refractivity contribution in [3.8, 4) is 17.0 Å². The first-order valence-electron chi connectivity index (χ1n) is 5.78. The van der Waals surface area contributed by atoms with Gasteiger partial charge in [-0.25, -0.2) is 4.98 Å². The highest BCUT2D eigenvalue weighted by Crippen LogP contribution is 2.35. The number of hydrogen-bond donors (Lipinski definition) is 0. The summed E-state index contributed by atoms with van der Waals surface area (Å²) in [5.41, 5.74) is 3.22. The fraction of sp³-hybridized carbons (Fsp3) is 0.357. The van der Waals surface area contributed by atoms with E-state index in [0.29, 0.717) is 5.92 Å². The second-order valence-electron chi connectivity index (χ2n) is 4.51. The molecule has 2 aromatic rings. The lowest BCUT2D eigenvalue weighted by Crippen LogP contribution is -1.96. The fourth-order valence-electron chi connectivity index (χ4n) is 1.99. The highest BCUT2D eigenvalue weighted by Gasteiger charge is 2.14. The maximum absolute atomic E-state index is 5.55. The summed E-state index contributed by atoms with van der Waals surface area (Å²) < 4.78 is 7.49. The predicted octanol–water partition coefficient (Wildman–Crippen LogP) is 3.22. The number of aryl methyl sites for hydroxylation is 1. The summed E-state index contributed by atoms with van der Waals surface area (Å²) in [6.45, 7) is 4.33. The van der Waals surface area contributed by atoms with Gasteiger partial charge in [-0.05, 0) is 17.5 Å². The first-order valence-corrected chi connectivity index (χ1v) is 5.78. The van der Waals surface area contributed by atoms with Crippen molar-refractivity contribution in [2.24, 2.45) is 7.05 Å². The van der Waals surface area contributed by atoms with Crippen LogP contribution in [0.25, 0.3) is 11.3 Å². The van der Waals surface area contributed by atoms with Crippen molar-refractivity contribution in [3.05, 3.63) is 36.3 Å². The van der Waals surface area contributed by atoms with Crippen molar-refractivity contribution in [1.82, 2.24) is 9.55 Å². The third-order valence-electron chi connectivity index (χ3n) is 2.85. The van der Waals surface area contributed by atoms with Crippen molar-refractivity contribution in [1.29, 1.82) is 0 Å². The second-order valence-corrected chi connectivity index (χ2v) is 4.51. The van der Waals surface area contributed by atoms with E-state index in [4.69, 9.17) is 4.74 Å². The molecule has 0 N–H and O–H groups in total. The largest absolute Gasteiger partial charge is 0.496 e. The highest BCUT2D eigenvalue weighted by molar-refractivity contribution is 5.69. The lowest BCUT2D eigenvalue weighted by Gasteiger charge is -2.14. The quantitative estimate of drug-likeness (QED) is 0.809. The third kappa shape index (κ3) is 2.18. The molecule has 0 saturated carbocycles. The number of imidazole rings is 1. The molecule has 0 saturated heterocycles. The van der Waals surface area contributed by atoms with Gasteiger partial charge in [0.25, 0.3) is 0 Å². The lowest BCUT2D eigenvalue weighted by atomic mass is 9.98. The maximum atomic E-state index is 5.55. The van der Waals surface area contributed by atoms with E-state index in [-0.39, 0.29) is 0 Å². The molecule has 0 unspecified atom stereocenters. The first-order chi connectivity index (χ1) is 8.13. The van der Waals surface area contributed by atoms with E-state index in [1.165, 1.54) is 5.56 Å². The Morgan fingerprint density at radius 1 is 1.29 bits per heavy atom. The Bertz CT molecular complexity index is 515. The van der Waals surface area contributed by atoms with Gasteiger partial charge in [-0.15, -0.1) is 0 Å². The summed E-state index contributed by atoms with van der Waals surface area (Å²) in [6, 6.07) is 6.21. The zero-order valence-corrected chi connectivity index (χ0v) is 10.8. The Kier molecular flexibility index (Phi) is 3.18. The standard InChI is InChI=1S/C14H18N2O/c1-10(2)11-6-5-7-12(14(11)17-4)13-8-16(3)9-15-13/h5-10H,1-4H3. The molecule has 0 aliphatic heterocycles. The van der Waals surface area contributed by atoms with Crippen LogP contribution < -0.4 is 4.74 Å². The SMILES string of the molecule is COc1c(-c2cn(C)cn2)cccc1C(C)C. The third-order valence-corrected chi connectivity index (χ3v) is 2.85. The van der Waals surface area contributed by atoms with Gasteiger partial charge in [0.1, 0.15) is 5.75 Å². The molecular formula is C14H18N2O. The smallest absolute Gasteiger partial charge is 0.131 e. The Labute approximate surface area is 102 Å². The summed E-state index contributed by atoms with van der Waals surface area (Å²) in [5.74, 6) is 1.37. The molecule has 0 atom stereocenters. The van der Waals surface area contributed by atoms with Gasteiger partial charge in [-0.3, -0.25) is 0 Å². The topological polar surface area (TPSA) is 27.1 Å². The summed E-state index contributed by atoms with van der Waals surface area (Å²) in [7, 11) is 3.68. The number of nitrogens with zero attached hydrogens (tertiary/aromatic N) is 2. The predicted molar refractivity (Wildman–Crippen MR) is 69.3 cm³/mol. The van der Waals surface area contributed by atoms with Crippen LogP contribution in [0.4, 0.5) is 0 Å². The summed E-state index contributed by atoms with van der Waals surface area (Å²) in [5, 5.41) is 0. The molecule has 0 aliphatic rings. The first kappa shape index (κ1) is 11.7. The summed E-state index contributed by atoms with van der Waals surface area (Å²) in [6.07, 6.45) is 3.80. The van der Waals surface area contributed by atoms with Crippen LogP contribution in [0.15, 0.2) is 30.7 Å². The Hall–Kier alpha value is -1.77. The summed E-state index contributed by atoms with van der Waals surface area (Å²) in [4.78, 5) is 4.38. The molecule has 0 amide bonds. The van der Waals surface area contributed by atoms with Gasteiger partial charge in [0, 0.05) is 18.8 Å².